The zero-order valence-corrected chi connectivity index (χ0v) is 16.2. The fourth-order valence-electron chi connectivity index (χ4n) is 2.21. The van der Waals surface area contributed by atoms with E-state index in [0.29, 0.717) is 27.5 Å². The van der Waals surface area contributed by atoms with Crippen molar-refractivity contribution in [1.82, 2.24) is 9.97 Å². The maximum atomic E-state index is 12.1. The average molecular weight is 390 g/mol. The molecule has 136 valence electrons. The first kappa shape index (κ1) is 18.2. The molecule has 0 aliphatic rings. The highest BCUT2D eigenvalue weighted by molar-refractivity contribution is 7.14. The highest BCUT2D eigenvalue weighted by Crippen LogP contribution is 2.32. The zero-order valence-electron chi connectivity index (χ0n) is 14.5. The van der Waals surface area contributed by atoms with Crippen LogP contribution in [0.25, 0.3) is 0 Å². The number of aromatic nitrogens is 2. The zero-order chi connectivity index (χ0) is 18.5. The second-order valence-corrected chi connectivity index (χ2v) is 7.07. The Morgan fingerprint density at radius 2 is 1.92 bits per heavy atom. The van der Waals surface area contributed by atoms with Gasteiger partial charge >= 0.3 is 0 Å². The number of nitrogens with zero attached hydrogens (tertiary/aromatic N) is 2. The Morgan fingerprint density at radius 1 is 1.12 bits per heavy atom. The number of amides is 1. The van der Waals surface area contributed by atoms with Gasteiger partial charge in [-0.15, -0.1) is 22.7 Å². The van der Waals surface area contributed by atoms with E-state index in [1.165, 1.54) is 22.7 Å². The molecular weight excluding hydrogens is 372 g/mol. The third-order valence-electron chi connectivity index (χ3n) is 3.41. The highest BCUT2D eigenvalue weighted by atomic mass is 32.1. The molecule has 0 saturated carbocycles. The molecule has 0 bridgehead atoms. The van der Waals surface area contributed by atoms with Crippen LogP contribution in [0.3, 0.4) is 0 Å². The molecule has 3 aromatic rings. The van der Waals surface area contributed by atoms with Gasteiger partial charge in [0.1, 0.15) is 11.5 Å². The van der Waals surface area contributed by atoms with Crippen LogP contribution in [0.1, 0.15) is 11.4 Å². The minimum absolute atomic E-state index is 0.143. The quantitative estimate of drug-likeness (QED) is 0.637. The third kappa shape index (κ3) is 4.50. The average Bonchev–Trinajstić information content (AvgIpc) is 3.23. The van der Waals surface area contributed by atoms with Crippen LogP contribution in [0.5, 0.6) is 11.5 Å². The smallest absolute Gasteiger partial charge is 0.232 e. The first-order chi connectivity index (χ1) is 12.6. The minimum Gasteiger partial charge on any atom is -0.497 e. The Hall–Kier alpha value is -2.65. The molecule has 0 saturated heterocycles. The number of rotatable bonds is 7. The lowest BCUT2D eigenvalue weighted by atomic mass is 10.2. The van der Waals surface area contributed by atoms with Gasteiger partial charge in [0.05, 0.1) is 37.7 Å². The number of carbonyl (C=O) groups is 1. The third-order valence-corrected chi connectivity index (χ3v) is 5.09. The minimum atomic E-state index is -0.143. The van der Waals surface area contributed by atoms with Crippen molar-refractivity contribution in [2.45, 2.75) is 13.3 Å². The maximum absolute atomic E-state index is 12.1. The summed E-state index contributed by atoms with van der Waals surface area (Å²) in [5, 5.41) is 11.0. The molecule has 1 amide bonds. The summed E-state index contributed by atoms with van der Waals surface area (Å²) in [5.41, 5.74) is 2.32. The van der Waals surface area contributed by atoms with Crippen molar-refractivity contribution in [3.8, 4) is 11.5 Å². The van der Waals surface area contributed by atoms with Gasteiger partial charge < -0.3 is 20.1 Å². The fourth-order valence-corrected chi connectivity index (χ4v) is 3.64. The molecule has 0 radical (unpaired) electrons. The number of ether oxygens (including phenoxy) is 2. The van der Waals surface area contributed by atoms with E-state index in [1.54, 1.807) is 14.2 Å². The van der Waals surface area contributed by atoms with E-state index < -0.39 is 0 Å². The maximum Gasteiger partial charge on any atom is 0.232 e. The van der Waals surface area contributed by atoms with E-state index in [1.807, 2.05) is 35.9 Å². The number of hydrogen-bond donors (Lipinski definition) is 2. The van der Waals surface area contributed by atoms with Crippen molar-refractivity contribution in [1.29, 1.82) is 0 Å². The van der Waals surface area contributed by atoms with Crippen molar-refractivity contribution in [2.24, 2.45) is 0 Å². The van der Waals surface area contributed by atoms with Gasteiger partial charge in [-0.1, -0.05) is 0 Å². The monoisotopic (exact) mass is 390 g/mol. The summed E-state index contributed by atoms with van der Waals surface area (Å²) >= 11 is 2.82. The normalized spacial score (nSPS) is 10.4. The summed E-state index contributed by atoms with van der Waals surface area (Å²) in [6.45, 7) is 1.89. The van der Waals surface area contributed by atoms with Crippen LogP contribution in [0.15, 0.2) is 29.0 Å². The summed E-state index contributed by atoms with van der Waals surface area (Å²) < 4.78 is 10.6. The molecule has 0 unspecified atom stereocenters. The number of anilines is 3. The number of aryl methyl sites for hydroxylation is 1. The first-order valence-corrected chi connectivity index (χ1v) is 9.48. The second-order valence-electron chi connectivity index (χ2n) is 5.35. The molecule has 26 heavy (non-hydrogen) atoms. The SMILES string of the molecule is COc1ccc(OC)c(Nc2nc(CC(=O)Nc3nc(C)cs3)cs2)c1. The molecule has 9 heteroatoms. The van der Waals surface area contributed by atoms with E-state index in [-0.39, 0.29) is 12.3 Å². The predicted molar refractivity (Wildman–Crippen MR) is 104 cm³/mol. The molecule has 0 aliphatic carbocycles. The van der Waals surface area contributed by atoms with Crippen LogP contribution >= 0.6 is 22.7 Å². The van der Waals surface area contributed by atoms with E-state index in [2.05, 4.69) is 20.6 Å². The predicted octanol–water partition coefficient (Wildman–Crippen LogP) is 3.85. The van der Waals surface area contributed by atoms with Gasteiger partial charge in [-0.05, 0) is 19.1 Å². The summed E-state index contributed by atoms with van der Waals surface area (Å²) in [6.07, 6.45) is 0.187. The van der Waals surface area contributed by atoms with Crippen molar-refractivity contribution in [3.05, 3.63) is 40.3 Å². The highest BCUT2D eigenvalue weighted by Gasteiger charge is 2.12. The Balaban J connectivity index is 1.65. The largest absolute Gasteiger partial charge is 0.497 e. The van der Waals surface area contributed by atoms with Gasteiger partial charge in [0.2, 0.25) is 5.91 Å². The number of methoxy groups -OCH3 is 2. The molecule has 2 aromatic heterocycles. The summed E-state index contributed by atoms with van der Waals surface area (Å²) in [6, 6.07) is 5.47. The first-order valence-electron chi connectivity index (χ1n) is 7.73. The molecule has 0 fully saturated rings. The molecule has 0 aliphatic heterocycles. The molecule has 1 aromatic carbocycles. The van der Waals surface area contributed by atoms with Crippen LogP contribution in [0, 0.1) is 6.92 Å². The Kier molecular flexibility index (Phi) is 5.69. The van der Waals surface area contributed by atoms with E-state index in [9.17, 15) is 4.79 Å². The van der Waals surface area contributed by atoms with Gasteiger partial charge in [0, 0.05) is 16.8 Å². The number of carbonyl (C=O) groups excluding carboxylic acids is 1. The molecular formula is C17H18N4O3S2. The van der Waals surface area contributed by atoms with Gasteiger partial charge in [0.15, 0.2) is 10.3 Å². The Labute approximate surface area is 159 Å². The van der Waals surface area contributed by atoms with E-state index >= 15 is 0 Å². The molecule has 0 spiro atoms. The molecule has 7 nitrogen and oxygen atoms in total. The lowest BCUT2D eigenvalue weighted by molar-refractivity contribution is -0.115. The molecule has 2 N–H and O–H groups in total. The number of benzene rings is 1. The van der Waals surface area contributed by atoms with Crippen molar-refractivity contribution in [3.63, 3.8) is 0 Å². The topological polar surface area (TPSA) is 85.4 Å². The standard InChI is InChI=1S/C17H18N4O3S2/c1-10-8-25-16(18-10)21-15(22)6-11-9-26-17(19-11)20-13-7-12(23-2)4-5-14(13)24-3/h4-5,7-9H,6H2,1-3H3,(H,19,20)(H,18,21,22). The van der Waals surface area contributed by atoms with Crippen molar-refractivity contribution < 1.29 is 14.3 Å². The molecule has 2 heterocycles. The van der Waals surface area contributed by atoms with E-state index in [4.69, 9.17) is 9.47 Å². The van der Waals surface area contributed by atoms with Crippen LogP contribution in [0.4, 0.5) is 16.0 Å². The van der Waals surface area contributed by atoms with Crippen LogP contribution < -0.4 is 20.1 Å². The summed E-state index contributed by atoms with van der Waals surface area (Å²) in [4.78, 5) is 20.8. The van der Waals surface area contributed by atoms with Gasteiger partial charge in [0.25, 0.3) is 0 Å². The Bertz CT molecular complexity index is 907. The number of nitrogens with one attached hydrogen (secondary N) is 2. The van der Waals surface area contributed by atoms with Gasteiger partial charge in [-0.3, -0.25) is 4.79 Å². The molecule has 3 rings (SSSR count). The van der Waals surface area contributed by atoms with Crippen LogP contribution in [0.2, 0.25) is 0 Å². The van der Waals surface area contributed by atoms with Crippen molar-refractivity contribution in [2.75, 3.05) is 24.9 Å². The van der Waals surface area contributed by atoms with Gasteiger partial charge in [-0.25, -0.2) is 9.97 Å². The van der Waals surface area contributed by atoms with Crippen LogP contribution in [-0.2, 0) is 11.2 Å². The van der Waals surface area contributed by atoms with Crippen molar-refractivity contribution >= 4 is 44.5 Å². The Morgan fingerprint density at radius 3 is 2.62 bits per heavy atom. The van der Waals surface area contributed by atoms with E-state index in [0.717, 1.165) is 11.4 Å². The van der Waals surface area contributed by atoms with Crippen LogP contribution in [-0.4, -0.2) is 30.1 Å². The molecule has 0 atom stereocenters. The second kappa shape index (κ2) is 8.15. The lowest BCUT2D eigenvalue weighted by Crippen LogP contribution is -2.14. The number of thiazole rings is 2. The number of hydrogen-bond acceptors (Lipinski definition) is 8. The summed E-state index contributed by atoms with van der Waals surface area (Å²) in [5.74, 6) is 1.25. The van der Waals surface area contributed by atoms with Gasteiger partial charge in [-0.2, -0.15) is 0 Å². The fraction of sp³-hybridized carbons (Fsp3) is 0.235. The summed E-state index contributed by atoms with van der Waals surface area (Å²) in [7, 11) is 3.21. The lowest BCUT2D eigenvalue weighted by Gasteiger charge is -2.10.